The lowest BCUT2D eigenvalue weighted by molar-refractivity contribution is 0.138. The highest BCUT2D eigenvalue weighted by Crippen LogP contribution is 2.30. The van der Waals surface area contributed by atoms with Gasteiger partial charge in [0.1, 0.15) is 17.7 Å². The molecule has 1 aromatic carbocycles. The summed E-state index contributed by atoms with van der Waals surface area (Å²) in [6, 6.07) is 4.72. The van der Waals surface area contributed by atoms with Crippen LogP contribution in [-0.2, 0) is 6.42 Å². The molecule has 2 unspecified atom stereocenters. The minimum atomic E-state index is -0.187. The van der Waals surface area contributed by atoms with Crippen molar-refractivity contribution in [3.63, 3.8) is 0 Å². The summed E-state index contributed by atoms with van der Waals surface area (Å²) in [6.07, 6.45) is 3.90. The van der Waals surface area contributed by atoms with E-state index < -0.39 is 0 Å². The van der Waals surface area contributed by atoms with Crippen LogP contribution in [0.5, 0.6) is 5.75 Å². The van der Waals surface area contributed by atoms with E-state index in [2.05, 4.69) is 13.5 Å². The molecular formula is C13H15FO. The van der Waals surface area contributed by atoms with E-state index in [1.807, 2.05) is 6.08 Å². The number of halogens is 1. The Balaban J connectivity index is 2.20. The van der Waals surface area contributed by atoms with Crippen LogP contribution in [0.25, 0.3) is 0 Å². The molecule has 1 nitrogen and oxygen atoms in total. The Bertz CT molecular complexity index is 373. The van der Waals surface area contributed by atoms with Gasteiger partial charge in [0.15, 0.2) is 0 Å². The Morgan fingerprint density at radius 2 is 2.40 bits per heavy atom. The van der Waals surface area contributed by atoms with Crippen LogP contribution in [-0.4, -0.2) is 6.10 Å². The van der Waals surface area contributed by atoms with Gasteiger partial charge in [0, 0.05) is 5.92 Å². The first kappa shape index (κ1) is 10.2. The highest BCUT2D eigenvalue weighted by atomic mass is 19.1. The molecule has 0 spiro atoms. The molecule has 0 radical (unpaired) electrons. The minimum absolute atomic E-state index is 0.181. The molecule has 80 valence electrons. The van der Waals surface area contributed by atoms with Crippen molar-refractivity contribution in [1.82, 2.24) is 0 Å². The van der Waals surface area contributed by atoms with Gasteiger partial charge in [0.05, 0.1) is 0 Å². The van der Waals surface area contributed by atoms with Gasteiger partial charge in [0.25, 0.3) is 0 Å². The zero-order chi connectivity index (χ0) is 10.8. The molecule has 0 saturated heterocycles. The molecule has 1 aliphatic rings. The van der Waals surface area contributed by atoms with Crippen molar-refractivity contribution in [3.8, 4) is 5.75 Å². The topological polar surface area (TPSA) is 9.23 Å². The zero-order valence-electron chi connectivity index (χ0n) is 8.87. The Labute approximate surface area is 89.6 Å². The maximum Gasteiger partial charge on any atom is 0.123 e. The van der Waals surface area contributed by atoms with E-state index in [-0.39, 0.29) is 11.9 Å². The number of fused-ring (bicyclic) bond motifs is 1. The van der Waals surface area contributed by atoms with Crippen LogP contribution in [0.4, 0.5) is 4.39 Å². The van der Waals surface area contributed by atoms with Crippen LogP contribution in [0.1, 0.15) is 18.9 Å². The Morgan fingerprint density at radius 3 is 3.13 bits per heavy atom. The summed E-state index contributed by atoms with van der Waals surface area (Å²) in [5, 5.41) is 0. The van der Waals surface area contributed by atoms with Gasteiger partial charge in [-0.2, -0.15) is 0 Å². The van der Waals surface area contributed by atoms with Crippen LogP contribution >= 0.6 is 0 Å². The maximum absolute atomic E-state index is 12.9. The van der Waals surface area contributed by atoms with E-state index in [0.29, 0.717) is 5.92 Å². The highest BCUT2D eigenvalue weighted by molar-refractivity contribution is 5.35. The van der Waals surface area contributed by atoms with Crippen molar-refractivity contribution in [1.29, 1.82) is 0 Å². The van der Waals surface area contributed by atoms with Gasteiger partial charge in [0.2, 0.25) is 0 Å². The molecule has 2 rings (SSSR count). The second-order valence-corrected chi connectivity index (χ2v) is 4.04. The third kappa shape index (κ3) is 2.04. The standard InChI is InChI=1S/C13H15FO/c1-3-9(2)12-6-4-10-8-11(14)5-7-13(10)15-12/h3,5,7-9,12H,1,4,6H2,2H3. The first-order valence-electron chi connectivity index (χ1n) is 5.28. The smallest absolute Gasteiger partial charge is 0.123 e. The molecular weight excluding hydrogens is 191 g/mol. The number of aryl methyl sites for hydroxylation is 1. The van der Waals surface area contributed by atoms with E-state index in [0.717, 1.165) is 24.2 Å². The normalized spacial score (nSPS) is 21.3. The number of rotatable bonds is 2. The molecule has 0 fully saturated rings. The van der Waals surface area contributed by atoms with E-state index in [1.54, 1.807) is 12.1 Å². The van der Waals surface area contributed by atoms with Gasteiger partial charge in [-0.15, -0.1) is 6.58 Å². The lowest BCUT2D eigenvalue weighted by atomic mass is 9.94. The van der Waals surface area contributed by atoms with Crippen molar-refractivity contribution in [2.75, 3.05) is 0 Å². The number of hydrogen-bond donors (Lipinski definition) is 0. The quantitative estimate of drug-likeness (QED) is 0.674. The molecule has 1 aromatic rings. The van der Waals surface area contributed by atoms with Crippen molar-refractivity contribution in [2.45, 2.75) is 25.9 Å². The van der Waals surface area contributed by atoms with E-state index >= 15 is 0 Å². The molecule has 0 aromatic heterocycles. The molecule has 0 amide bonds. The monoisotopic (exact) mass is 206 g/mol. The van der Waals surface area contributed by atoms with Crippen LogP contribution in [0, 0.1) is 11.7 Å². The highest BCUT2D eigenvalue weighted by Gasteiger charge is 2.23. The third-order valence-electron chi connectivity index (χ3n) is 2.96. The summed E-state index contributed by atoms with van der Waals surface area (Å²) in [5.74, 6) is 0.970. The molecule has 15 heavy (non-hydrogen) atoms. The van der Waals surface area contributed by atoms with E-state index in [9.17, 15) is 4.39 Å². The molecule has 2 heteroatoms. The lowest BCUT2D eigenvalue weighted by Crippen LogP contribution is -2.28. The van der Waals surface area contributed by atoms with Crippen LogP contribution < -0.4 is 4.74 Å². The van der Waals surface area contributed by atoms with Crippen LogP contribution in [0.2, 0.25) is 0 Å². The molecule has 0 N–H and O–H groups in total. The summed E-state index contributed by atoms with van der Waals surface area (Å²) in [7, 11) is 0. The van der Waals surface area contributed by atoms with Gasteiger partial charge in [-0.05, 0) is 36.6 Å². The third-order valence-corrected chi connectivity index (χ3v) is 2.96. The fourth-order valence-electron chi connectivity index (χ4n) is 1.90. The first-order chi connectivity index (χ1) is 7.20. The zero-order valence-corrected chi connectivity index (χ0v) is 8.87. The number of ether oxygens (including phenoxy) is 1. The second kappa shape index (κ2) is 4.05. The molecule has 0 aliphatic carbocycles. The summed E-state index contributed by atoms with van der Waals surface area (Å²) < 4.78 is 18.7. The summed E-state index contributed by atoms with van der Waals surface area (Å²) in [6.45, 7) is 5.86. The van der Waals surface area contributed by atoms with Crippen molar-refractivity contribution in [2.24, 2.45) is 5.92 Å². The van der Waals surface area contributed by atoms with Gasteiger partial charge >= 0.3 is 0 Å². The van der Waals surface area contributed by atoms with Gasteiger partial charge < -0.3 is 4.74 Å². The summed E-state index contributed by atoms with van der Waals surface area (Å²) >= 11 is 0. The fourth-order valence-corrected chi connectivity index (χ4v) is 1.90. The lowest BCUT2D eigenvalue weighted by Gasteiger charge is -2.29. The average molecular weight is 206 g/mol. The second-order valence-electron chi connectivity index (χ2n) is 4.04. The van der Waals surface area contributed by atoms with Crippen molar-refractivity contribution < 1.29 is 9.13 Å². The van der Waals surface area contributed by atoms with Gasteiger partial charge in [-0.1, -0.05) is 13.0 Å². The van der Waals surface area contributed by atoms with E-state index in [4.69, 9.17) is 4.74 Å². The molecule has 2 atom stereocenters. The minimum Gasteiger partial charge on any atom is -0.490 e. The maximum atomic E-state index is 12.9. The predicted octanol–water partition coefficient (Wildman–Crippen LogP) is 3.34. The Hall–Kier alpha value is -1.31. The van der Waals surface area contributed by atoms with Crippen molar-refractivity contribution in [3.05, 3.63) is 42.2 Å². The molecule has 1 aliphatic heterocycles. The molecule has 0 saturated carbocycles. The van der Waals surface area contributed by atoms with Crippen LogP contribution in [0.15, 0.2) is 30.9 Å². The summed E-state index contributed by atoms with van der Waals surface area (Å²) in [5.41, 5.74) is 0.975. The Morgan fingerprint density at radius 1 is 1.60 bits per heavy atom. The number of hydrogen-bond acceptors (Lipinski definition) is 1. The number of benzene rings is 1. The van der Waals surface area contributed by atoms with E-state index in [1.165, 1.54) is 6.07 Å². The molecule has 1 heterocycles. The summed E-state index contributed by atoms with van der Waals surface area (Å²) in [4.78, 5) is 0. The van der Waals surface area contributed by atoms with Gasteiger partial charge in [-0.3, -0.25) is 0 Å². The first-order valence-corrected chi connectivity index (χ1v) is 5.28. The predicted molar refractivity (Wildman–Crippen MR) is 58.5 cm³/mol. The fraction of sp³-hybridized carbons (Fsp3) is 0.385. The Kier molecular flexibility index (Phi) is 2.76. The molecule has 0 bridgehead atoms. The van der Waals surface area contributed by atoms with Gasteiger partial charge in [-0.25, -0.2) is 4.39 Å². The van der Waals surface area contributed by atoms with Crippen LogP contribution in [0.3, 0.4) is 0 Å². The SMILES string of the molecule is C=CC(C)C1CCc2cc(F)ccc2O1. The average Bonchev–Trinajstić information content (AvgIpc) is 2.27. The largest absolute Gasteiger partial charge is 0.490 e. The van der Waals surface area contributed by atoms with Crippen molar-refractivity contribution >= 4 is 0 Å².